The number of nitrogens with one attached hydrogen (secondary N) is 2. The molecule has 0 unspecified atom stereocenters. The van der Waals surface area contributed by atoms with Gasteiger partial charge < -0.3 is 10.3 Å². The molecule has 3 rings (SSSR count). The van der Waals surface area contributed by atoms with Gasteiger partial charge >= 0.3 is 0 Å². The zero-order valence-corrected chi connectivity index (χ0v) is 13.9. The highest BCUT2D eigenvalue weighted by atomic mass is 19.2. The van der Waals surface area contributed by atoms with E-state index in [1.54, 1.807) is 24.3 Å². The number of nitriles is 1. The van der Waals surface area contributed by atoms with E-state index in [-0.39, 0.29) is 17.8 Å². The van der Waals surface area contributed by atoms with E-state index in [4.69, 9.17) is 5.26 Å². The van der Waals surface area contributed by atoms with E-state index in [1.807, 2.05) is 6.07 Å². The molecule has 134 valence electrons. The van der Waals surface area contributed by atoms with Crippen LogP contribution in [0.4, 0.5) is 8.78 Å². The third-order valence-corrected chi connectivity index (χ3v) is 3.92. The van der Waals surface area contributed by atoms with Crippen LogP contribution in [0.1, 0.15) is 37.5 Å². The van der Waals surface area contributed by atoms with Gasteiger partial charge in [-0.05, 0) is 35.9 Å². The summed E-state index contributed by atoms with van der Waals surface area (Å²) in [7, 11) is 0. The van der Waals surface area contributed by atoms with Crippen molar-refractivity contribution in [2.24, 2.45) is 0 Å². The lowest BCUT2D eigenvalue weighted by Gasteiger charge is -2.04. The normalized spacial score (nSPS) is 10.3. The molecule has 0 saturated heterocycles. The van der Waals surface area contributed by atoms with Crippen molar-refractivity contribution in [3.05, 3.63) is 94.3 Å². The van der Waals surface area contributed by atoms with Gasteiger partial charge in [0.2, 0.25) is 0 Å². The summed E-state index contributed by atoms with van der Waals surface area (Å²) in [5.74, 6) is -3.53. The Hall–Kier alpha value is -3.79. The van der Waals surface area contributed by atoms with Crippen molar-refractivity contribution in [2.75, 3.05) is 0 Å². The average Bonchev–Trinajstić information content (AvgIpc) is 3.18. The molecule has 1 heterocycles. The van der Waals surface area contributed by atoms with E-state index in [2.05, 4.69) is 10.3 Å². The second kappa shape index (κ2) is 7.62. The number of ketones is 1. The maximum absolute atomic E-state index is 13.8. The number of carbonyl (C=O) groups excluding carboxylic acids is 2. The second-order valence-corrected chi connectivity index (χ2v) is 5.72. The average molecular weight is 365 g/mol. The summed E-state index contributed by atoms with van der Waals surface area (Å²) in [6, 6.07) is 13.3. The summed E-state index contributed by atoms with van der Waals surface area (Å²) in [5.41, 5.74) is 1.07. The second-order valence-electron chi connectivity index (χ2n) is 5.72. The van der Waals surface area contributed by atoms with E-state index in [9.17, 15) is 18.4 Å². The molecule has 27 heavy (non-hydrogen) atoms. The molecule has 0 aliphatic heterocycles. The van der Waals surface area contributed by atoms with Crippen molar-refractivity contribution >= 4 is 11.7 Å². The number of halogens is 2. The molecule has 2 N–H and O–H groups in total. The number of aromatic nitrogens is 1. The van der Waals surface area contributed by atoms with Crippen molar-refractivity contribution in [3.63, 3.8) is 0 Å². The van der Waals surface area contributed by atoms with E-state index in [0.717, 1.165) is 11.6 Å². The van der Waals surface area contributed by atoms with Crippen LogP contribution in [0.2, 0.25) is 0 Å². The van der Waals surface area contributed by atoms with Gasteiger partial charge in [-0.3, -0.25) is 9.59 Å². The quantitative estimate of drug-likeness (QED) is 0.680. The van der Waals surface area contributed by atoms with Gasteiger partial charge in [0.05, 0.1) is 17.2 Å². The summed E-state index contributed by atoms with van der Waals surface area (Å²) < 4.78 is 27.0. The Labute approximate surface area is 153 Å². The molecule has 0 bridgehead atoms. The monoisotopic (exact) mass is 365 g/mol. The van der Waals surface area contributed by atoms with Crippen molar-refractivity contribution in [1.29, 1.82) is 5.26 Å². The molecule has 1 aromatic heterocycles. The fourth-order valence-electron chi connectivity index (χ4n) is 2.47. The Bertz CT molecular complexity index is 1050. The molecule has 3 aromatic rings. The van der Waals surface area contributed by atoms with Crippen molar-refractivity contribution in [3.8, 4) is 6.07 Å². The van der Waals surface area contributed by atoms with E-state index >= 15 is 0 Å². The number of amides is 1. The minimum Gasteiger partial charge on any atom is -0.356 e. The zero-order valence-electron chi connectivity index (χ0n) is 13.9. The first-order valence-corrected chi connectivity index (χ1v) is 7.94. The van der Waals surface area contributed by atoms with Gasteiger partial charge in [-0.2, -0.15) is 5.26 Å². The van der Waals surface area contributed by atoms with Crippen LogP contribution in [0.15, 0.2) is 54.7 Å². The number of hydrogen-bond donors (Lipinski definition) is 2. The molecular weight excluding hydrogens is 352 g/mol. The molecule has 0 saturated carbocycles. The molecule has 0 atom stereocenters. The predicted octanol–water partition coefficient (Wildman–Crippen LogP) is 3.33. The SMILES string of the molecule is N#Cc1ccc(CNC(=O)c2cc(C(=O)c3cccc(F)c3F)c[nH]2)cc1. The topological polar surface area (TPSA) is 85.8 Å². The highest BCUT2D eigenvalue weighted by molar-refractivity contribution is 6.10. The number of aromatic amines is 1. The maximum atomic E-state index is 13.8. The minimum absolute atomic E-state index is 0.0445. The van der Waals surface area contributed by atoms with Gasteiger partial charge in [0.1, 0.15) is 5.69 Å². The molecule has 2 aromatic carbocycles. The number of hydrogen-bond acceptors (Lipinski definition) is 3. The molecule has 7 heteroatoms. The predicted molar refractivity (Wildman–Crippen MR) is 92.9 cm³/mol. The zero-order chi connectivity index (χ0) is 19.4. The Morgan fingerprint density at radius 1 is 1.11 bits per heavy atom. The van der Waals surface area contributed by atoms with Crippen LogP contribution in [0.3, 0.4) is 0 Å². The van der Waals surface area contributed by atoms with E-state index < -0.39 is 28.9 Å². The van der Waals surface area contributed by atoms with Gasteiger partial charge in [0.25, 0.3) is 5.91 Å². The Balaban J connectivity index is 1.69. The highest BCUT2D eigenvalue weighted by Gasteiger charge is 2.19. The molecule has 0 fully saturated rings. The summed E-state index contributed by atoms with van der Waals surface area (Å²) in [6.07, 6.45) is 1.27. The lowest BCUT2D eigenvalue weighted by Crippen LogP contribution is -2.23. The van der Waals surface area contributed by atoms with Crippen molar-refractivity contribution < 1.29 is 18.4 Å². The molecule has 0 aliphatic carbocycles. The van der Waals surface area contributed by atoms with Gasteiger partial charge in [-0.1, -0.05) is 18.2 Å². The third kappa shape index (κ3) is 3.90. The highest BCUT2D eigenvalue weighted by Crippen LogP contribution is 2.17. The fourth-order valence-corrected chi connectivity index (χ4v) is 2.47. The number of benzene rings is 2. The van der Waals surface area contributed by atoms with Crippen molar-refractivity contribution in [1.82, 2.24) is 10.3 Å². The fraction of sp³-hybridized carbons (Fsp3) is 0.0500. The summed E-state index contributed by atoms with van der Waals surface area (Å²) >= 11 is 0. The first kappa shape index (κ1) is 18.0. The molecule has 0 radical (unpaired) electrons. The minimum atomic E-state index is -1.23. The van der Waals surface area contributed by atoms with Crippen LogP contribution in [-0.4, -0.2) is 16.7 Å². The largest absolute Gasteiger partial charge is 0.356 e. The molecule has 5 nitrogen and oxygen atoms in total. The van der Waals surface area contributed by atoms with Crippen LogP contribution >= 0.6 is 0 Å². The summed E-state index contributed by atoms with van der Waals surface area (Å²) in [4.78, 5) is 27.2. The van der Waals surface area contributed by atoms with E-state index in [1.165, 1.54) is 24.4 Å². The smallest absolute Gasteiger partial charge is 0.267 e. The lowest BCUT2D eigenvalue weighted by atomic mass is 10.0. The number of carbonyl (C=O) groups is 2. The van der Waals surface area contributed by atoms with Gasteiger partial charge in [-0.25, -0.2) is 8.78 Å². The Morgan fingerprint density at radius 2 is 1.85 bits per heavy atom. The first-order valence-electron chi connectivity index (χ1n) is 7.94. The van der Waals surface area contributed by atoms with Crippen LogP contribution < -0.4 is 5.32 Å². The maximum Gasteiger partial charge on any atom is 0.267 e. The Kier molecular flexibility index (Phi) is 5.08. The van der Waals surface area contributed by atoms with Crippen LogP contribution in [0, 0.1) is 23.0 Å². The third-order valence-electron chi connectivity index (χ3n) is 3.92. The van der Waals surface area contributed by atoms with Crippen LogP contribution in [-0.2, 0) is 6.54 Å². The number of nitrogens with zero attached hydrogens (tertiary/aromatic N) is 1. The lowest BCUT2D eigenvalue weighted by molar-refractivity contribution is 0.0946. The van der Waals surface area contributed by atoms with Gasteiger partial charge in [-0.15, -0.1) is 0 Å². The standard InChI is InChI=1S/C20H13F2N3O2/c21-16-3-1-2-15(18(16)22)19(26)14-8-17(24-11-14)20(27)25-10-13-6-4-12(9-23)5-7-13/h1-8,11,24H,10H2,(H,25,27). The van der Waals surface area contributed by atoms with Gasteiger partial charge in [0.15, 0.2) is 17.4 Å². The summed E-state index contributed by atoms with van der Waals surface area (Å²) in [6.45, 7) is 0.228. The molecule has 0 spiro atoms. The molecular formula is C20H13F2N3O2. The molecule has 0 aliphatic rings. The Morgan fingerprint density at radius 3 is 2.56 bits per heavy atom. The molecule has 1 amide bonds. The van der Waals surface area contributed by atoms with Crippen LogP contribution in [0.25, 0.3) is 0 Å². The van der Waals surface area contributed by atoms with Crippen molar-refractivity contribution in [2.45, 2.75) is 6.54 Å². The van der Waals surface area contributed by atoms with Crippen LogP contribution in [0.5, 0.6) is 0 Å². The first-order chi connectivity index (χ1) is 13.0. The number of rotatable bonds is 5. The number of H-pyrrole nitrogens is 1. The van der Waals surface area contributed by atoms with Gasteiger partial charge in [0, 0.05) is 18.3 Å². The summed E-state index contributed by atoms with van der Waals surface area (Å²) in [5, 5.41) is 11.4. The van der Waals surface area contributed by atoms with E-state index in [0.29, 0.717) is 5.56 Å².